The van der Waals surface area contributed by atoms with Crippen molar-refractivity contribution in [2.75, 3.05) is 12.0 Å². The van der Waals surface area contributed by atoms with Gasteiger partial charge in [-0.3, -0.25) is 10.00 Å². The Labute approximate surface area is 120 Å². The molecule has 3 N–H and O–H groups in total. The van der Waals surface area contributed by atoms with Crippen molar-refractivity contribution < 1.29 is 4.74 Å². The fourth-order valence-electron chi connectivity index (χ4n) is 2.01. The first-order valence-corrected chi connectivity index (χ1v) is 6.94. The molecule has 2 aromatic heterocycles. The molecule has 0 aliphatic carbocycles. The Bertz CT molecular complexity index is 613. The van der Waals surface area contributed by atoms with E-state index in [1.165, 1.54) is 11.8 Å². The number of ether oxygens (including phenoxy) is 1. The van der Waals surface area contributed by atoms with Crippen LogP contribution in [0, 0.1) is 0 Å². The Morgan fingerprint density at radius 1 is 1.45 bits per heavy atom. The van der Waals surface area contributed by atoms with Crippen LogP contribution in [0.4, 0.5) is 5.95 Å². The van der Waals surface area contributed by atoms with Crippen LogP contribution >= 0.6 is 11.8 Å². The van der Waals surface area contributed by atoms with Gasteiger partial charge < -0.3 is 10.5 Å². The van der Waals surface area contributed by atoms with Crippen molar-refractivity contribution in [1.29, 1.82) is 0 Å². The molecule has 0 amide bonds. The lowest BCUT2D eigenvalue weighted by Crippen LogP contribution is -2.36. The van der Waals surface area contributed by atoms with Crippen LogP contribution in [0.3, 0.4) is 0 Å². The Hall–Kier alpha value is -1.90. The van der Waals surface area contributed by atoms with Crippen molar-refractivity contribution in [3.63, 3.8) is 0 Å². The van der Waals surface area contributed by atoms with E-state index in [2.05, 4.69) is 20.2 Å². The number of aromatic nitrogens is 4. The van der Waals surface area contributed by atoms with E-state index in [4.69, 9.17) is 10.5 Å². The van der Waals surface area contributed by atoms with Crippen LogP contribution in [0.15, 0.2) is 30.1 Å². The summed E-state index contributed by atoms with van der Waals surface area (Å²) in [5.74, 6) is 0.570. The number of nitrogens with two attached hydrogens (primary N) is 1. The average molecular weight is 290 g/mol. The Morgan fingerprint density at radius 2 is 2.25 bits per heavy atom. The van der Waals surface area contributed by atoms with Gasteiger partial charge >= 0.3 is 0 Å². The number of anilines is 1. The third-order valence-corrected chi connectivity index (χ3v) is 3.73. The fourth-order valence-corrected chi connectivity index (χ4v) is 2.85. The third-order valence-electron chi connectivity index (χ3n) is 2.88. The summed E-state index contributed by atoms with van der Waals surface area (Å²) < 4.78 is 5.17. The SMILES string of the molecule is COCc1[nH]ncc1C1=CSC(N)N1c1ncccn1. The first-order chi connectivity index (χ1) is 9.81. The van der Waals surface area contributed by atoms with Crippen LogP contribution < -0.4 is 10.6 Å². The van der Waals surface area contributed by atoms with Crippen LogP contribution in [0.1, 0.15) is 11.3 Å². The molecule has 3 heterocycles. The maximum absolute atomic E-state index is 6.13. The van der Waals surface area contributed by atoms with E-state index in [1.54, 1.807) is 31.8 Å². The summed E-state index contributed by atoms with van der Waals surface area (Å²) in [5, 5.41) is 9.00. The molecule has 104 valence electrons. The molecule has 8 heteroatoms. The predicted octanol–water partition coefficient (Wildman–Crippen LogP) is 1.14. The number of aromatic amines is 1. The summed E-state index contributed by atoms with van der Waals surface area (Å²) in [7, 11) is 1.65. The van der Waals surface area contributed by atoms with Crippen LogP contribution in [-0.2, 0) is 11.3 Å². The summed E-state index contributed by atoms with van der Waals surface area (Å²) in [6.45, 7) is 0.454. The van der Waals surface area contributed by atoms with Gasteiger partial charge in [0.15, 0.2) is 0 Å². The molecule has 1 aliphatic heterocycles. The van der Waals surface area contributed by atoms with Crippen molar-refractivity contribution in [3.8, 4) is 0 Å². The summed E-state index contributed by atoms with van der Waals surface area (Å²) >= 11 is 1.51. The highest BCUT2D eigenvalue weighted by Gasteiger charge is 2.30. The highest BCUT2D eigenvalue weighted by molar-refractivity contribution is 8.03. The largest absolute Gasteiger partial charge is 0.378 e. The Balaban J connectivity index is 1.98. The maximum Gasteiger partial charge on any atom is 0.231 e. The number of thioether (sulfide) groups is 1. The second-order valence-corrected chi connectivity index (χ2v) is 5.13. The van der Waals surface area contributed by atoms with E-state index >= 15 is 0 Å². The number of nitrogens with one attached hydrogen (secondary N) is 1. The molecule has 0 aromatic carbocycles. The molecule has 7 nitrogen and oxygen atoms in total. The molecule has 1 aliphatic rings. The number of methoxy groups -OCH3 is 1. The molecule has 0 spiro atoms. The highest BCUT2D eigenvalue weighted by Crippen LogP contribution is 2.37. The monoisotopic (exact) mass is 290 g/mol. The molecule has 1 atom stereocenters. The zero-order valence-electron chi connectivity index (χ0n) is 10.9. The number of hydrogen-bond donors (Lipinski definition) is 2. The summed E-state index contributed by atoms with van der Waals surface area (Å²) in [4.78, 5) is 10.4. The molecule has 3 rings (SSSR count). The van der Waals surface area contributed by atoms with Crippen LogP contribution in [0.25, 0.3) is 5.70 Å². The standard InChI is InChI=1S/C12H14N6OS/c1-19-6-9-8(5-16-17-9)10-7-20-11(13)18(10)12-14-3-2-4-15-12/h2-5,7,11H,6,13H2,1H3,(H,16,17). The zero-order chi connectivity index (χ0) is 13.9. The van der Waals surface area contributed by atoms with E-state index in [-0.39, 0.29) is 5.50 Å². The smallest absolute Gasteiger partial charge is 0.231 e. The summed E-state index contributed by atoms with van der Waals surface area (Å²) in [6.07, 6.45) is 5.15. The quantitative estimate of drug-likeness (QED) is 0.872. The van der Waals surface area contributed by atoms with Gasteiger partial charge in [0.2, 0.25) is 5.95 Å². The summed E-state index contributed by atoms with van der Waals surface area (Å²) in [6, 6.07) is 1.77. The molecule has 0 fully saturated rings. The van der Waals surface area contributed by atoms with Crippen molar-refractivity contribution in [2.45, 2.75) is 12.1 Å². The molecular formula is C12H14N6OS. The molecule has 0 saturated heterocycles. The average Bonchev–Trinajstić information content (AvgIpc) is 3.06. The van der Waals surface area contributed by atoms with Crippen molar-refractivity contribution in [1.82, 2.24) is 20.2 Å². The first kappa shape index (κ1) is 13.1. The minimum atomic E-state index is -0.252. The Kier molecular flexibility index (Phi) is 3.68. The predicted molar refractivity (Wildman–Crippen MR) is 77.4 cm³/mol. The van der Waals surface area contributed by atoms with Crippen LogP contribution in [0.5, 0.6) is 0 Å². The number of hydrogen-bond acceptors (Lipinski definition) is 7. The van der Waals surface area contributed by atoms with E-state index < -0.39 is 0 Å². The molecular weight excluding hydrogens is 276 g/mol. The van der Waals surface area contributed by atoms with Gasteiger partial charge in [-0.2, -0.15) is 5.10 Å². The normalized spacial score (nSPS) is 18.4. The van der Waals surface area contributed by atoms with E-state index in [0.29, 0.717) is 12.6 Å². The van der Waals surface area contributed by atoms with Crippen molar-refractivity contribution in [2.24, 2.45) is 5.73 Å². The number of H-pyrrole nitrogens is 1. The molecule has 0 radical (unpaired) electrons. The summed E-state index contributed by atoms with van der Waals surface area (Å²) in [5.41, 5.74) is 8.64. The van der Waals surface area contributed by atoms with Gasteiger partial charge in [0, 0.05) is 25.1 Å². The van der Waals surface area contributed by atoms with Gasteiger partial charge in [-0.05, 0) is 11.5 Å². The van der Waals surface area contributed by atoms with E-state index in [0.717, 1.165) is 17.0 Å². The fraction of sp³-hybridized carbons (Fsp3) is 0.250. The molecule has 20 heavy (non-hydrogen) atoms. The minimum Gasteiger partial charge on any atom is -0.378 e. The van der Waals surface area contributed by atoms with E-state index in [9.17, 15) is 0 Å². The van der Waals surface area contributed by atoms with Crippen molar-refractivity contribution >= 4 is 23.4 Å². The minimum absolute atomic E-state index is 0.252. The molecule has 2 aromatic rings. The number of rotatable bonds is 4. The van der Waals surface area contributed by atoms with Gasteiger partial charge in [0.05, 0.1) is 24.2 Å². The lowest BCUT2D eigenvalue weighted by molar-refractivity contribution is 0.181. The van der Waals surface area contributed by atoms with Crippen LogP contribution in [-0.4, -0.2) is 32.8 Å². The van der Waals surface area contributed by atoms with Gasteiger partial charge in [-0.1, -0.05) is 11.8 Å². The lowest BCUT2D eigenvalue weighted by atomic mass is 10.2. The van der Waals surface area contributed by atoms with Crippen molar-refractivity contribution in [3.05, 3.63) is 41.3 Å². The first-order valence-electron chi connectivity index (χ1n) is 6.00. The van der Waals surface area contributed by atoms with E-state index in [1.807, 2.05) is 10.3 Å². The second-order valence-electron chi connectivity index (χ2n) is 4.14. The van der Waals surface area contributed by atoms with Gasteiger partial charge in [0.1, 0.15) is 5.50 Å². The lowest BCUT2D eigenvalue weighted by Gasteiger charge is -2.23. The van der Waals surface area contributed by atoms with Crippen LogP contribution in [0.2, 0.25) is 0 Å². The number of nitrogens with zero attached hydrogens (tertiary/aromatic N) is 4. The Morgan fingerprint density at radius 3 is 3.00 bits per heavy atom. The molecule has 0 bridgehead atoms. The zero-order valence-corrected chi connectivity index (χ0v) is 11.7. The van der Waals surface area contributed by atoms with Gasteiger partial charge in [-0.15, -0.1) is 0 Å². The second kappa shape index (κ2) is 5.61. The topological polar surface area (TPSA) is 92.9 Å². The highest BCUT2D eigenvalue weighted by atomic mass is 32.2. The van der Waals surface area contributed by atoms with Gasteiger partial charge in [0.25, 0.3) is 0 Å². The third kappa shape index (κ3) is 2.28. The molecule has 0 saturated carbocycles. The maximum atomic E-state index is 6.13. The molecule has 1 unspecified atom stereocenters. The van der Waals surface area contributed by atoms with Gasteiger partial charge in [-0.25, -0.2) is 9.97 Å².